The summed E-state index contributed by atoms with van der Waals surface area (Å²) in [7, 11) is 3.58. The van der Waals surface area contributed by atoms with Crippen molar-refractivity contribution in [2.45, 2.75) is 23.1 Å². The average Bonchev–Trinajstić information content (AvgIpc) is 2.93. The first kappa shape index (κ1) is 15.0. The lowest BCUT2D eigenvalue weighted by atomic mass is 10.2. The summed E-state index contributed by atoms with van der Waals surface area (Å²) in [6.45, 7) is 0.618. The second kappa shape index (κ2) is 8.04. The number of hydrogen-bond acceptors (Lipinski definition) is 6. The van der Waals surface area contributed by atoms with Gasteiger partial charge in [0.2, 0.25) is 5.89 Å². The van der Waals surface area contributed by atoms with E-state index in [1.807, 2.05) is 25.2 Å². The van der Waals surface area contributed by atoms with Crippen molar-refractivity contribution in [1.82, 2.24) is 15.5 Å². The van der Waals surface area contributed by atoms with E-state index in [4.69, 9.17) is 9.26 Å². The van der Waals surface area contributed by atoms with Crippen LogP contribution in [-0.4, -0.2) is 36.9 Å². The highest BCUT2D eigenvalue weighted by molar-refractivity contribution is 7.98. The Morgan fingerprint density at radius 3 is 2.85 bits per heavy atom. The van der Waals surface area contributed by atoms with Gasteiger partial charge in [0.25, 0.3) is 0 Å². The van der Waals surface area contributed by atoms with Crippen LogP contribution in [0.25, 0.3) is 0 Å². The number of aromatic nitrogens is 2. The quantitative estimate of drug-likeness (QED) is 0.753. The van der Waals surface area contributed by atoms with Gasteiger partial charge >= 0.3 is 0 Å². The average molecular weight is 293 g/mol. The first-order valence-corrected chi connectivity index (χ1v) is 7.46. The number of rotatable bonds is 8. The first-order chi connectivity index (χ1) is 9.81. The van der Waals surface area contributed by atoms with Gasteiger partial charge in [-0.2, -0.15) is 4.98 Å². The molecule has 1 heterocycles. The molecule has 1 aromatic heterocycles. The van der Waals surface area contributed by atoms with E-state index in [2.05, 4.69) is 27.6 Å². The van der Waals surface area contributed by atoms with Gasteiger partial charge in [-0.15, -0.1) is 11.8 Å². The summed E-state index contributed by atoms with van der Waals surface area (Å²) in [6.07, 6.45) is 0.674. The fourth-order valence-electron chi connectivity index (χ4n) is 1.75. The van der Waals surface area contributed by atoms with Crippen LogP contribution in [0.15, 0.2) is 39.8 Å². The highest BCUT2D eigenvalue weighted by Gasteiger charge is 2.13. The SMILES string of the molecule is CNC(COC)Cc1nc(CSc2ccccc2)no1. The van der Waals surface area contributed by atoms with E-state index < -0.39 is 0 Å². The Morgan fingerprint density at radius 2 is 2.15 bits per heavy atom. The topological polar surface area (TPSA) is 60.2 Å². The molecule has 0 spiro atoms. The summed E-state index contributed by atoms with van der Waals surface area (Å²) in [5.41, 5.74) is 0. The molecule has 0 saturated carbocycles. The minimum absolute atomic E-state index is 0.190. The van der Waals surface area contributed by atoms with Crippen LogP contribution in [-0.2, 0) is 16.9 Å². The maximum atomic E-state index is 5.26. The third-order valence-electron chi connectivity index (χ3n) is 2.82. The number of methoxy groups -OCH3 is 1. The minimum atomic E-state index is 0.190. The molecule has 108 valence electrons. The summed E-state index contributed by atoms with van der Waals surface area (Å²) in [4.78, 5) is 5.60. The van der Waals surface area contributed by atoms with Crippen LogP contribution >= 0.6 is 11.8 Å². The molecule has 0 fully saturated rings. The van der Waals surface area contributed by atoms with Gasteiger partial charge in [-0.3, -0.25) is 0 Å². The highest BCUT2D eigenvalue weighted by atomic mass is 32.2. The summed E-state index contributed by atoms with van der Waals surface area (Å²) < 4.78 is 10.4. The van der Waals surface area contributed by atoms with Gasteiger partial charge in [0, 0.05) is 24.5 Å². The van der Waals surface area contributed by atoms with Crippen LogP contribution in [0, 0.1) is 0 Å². The number of likely N-dealkylation sites (N-methyl/N-ethyl adjacent to an activating group) is 1. The number of nitrogens with zero attached hydrogens (tertiary/aromatic N) is 2. The van der Waals surface area contributed by atoms with Crippen molar-refractivity contribution < 1.29 is 9.26 Å². The van der Waals surface area contributed by atoms with E-state index in [0.717, 1.165) is 5.82 Å². The predicted molar refractivity (Wildman–Crippen MR) is 78.7 cm³/mol. The third-order valence-corrected chi connectivity index (χ3v) is 3.83. The second-order valence-corrected chi connectivity index (χ2v) is 5.40. The van der Waals surface area contributed by atoms with Crippen molar-refractivity contribution in [3.05, 3.63) is 42.0 Å². The van der Waals surface area contributed by atoms with Gasteiger partial charge in [-0.25, -0.2) is 0 Å². The molecule has 20 heavy (non-hydrogen) atoms. The van der Waals surface area contributed by atoms with Crippen LogP contribution in [0.3, 0.4) is 0 Å². The lowest BCUT2D eigenvalue weighted by Gasteiger charge is -2.11. The zero-order valence-corrected chi connectivity index (χ0v) is 12.5. The molecule has 1 unspecified atom stereocenters. The van der Waals surface area contributed by atoms with E-state index >= 15 is 0 Å². The molecular weight excluding hydrogens is 274 g/mol. The number of ether oxygens (including phenoxy) is 1. The van der Waals surface area contributed by atoms with Crippen molar-refractivity contribution in [3.8, 4) is 0 Å². The molecule has 1 atom stereocenters. The Hall–Kier alpha value is -1.37. The Bertz CT molecular complexity index is 504. The zero-order valence-electron chi connectivity index (χ0n) is 11.7. The van der Waals surface area contributed by atoms with Crippen molar-refractivity contribution in [1.29, 1.82) is 0 Å². The molecule has 0 saturated heterocycles. The van der Waals surface area contributed by atoms with Gasteiger partial charge in [0.05, 0.1) is 12.4 Å². The number of nitrogens with one attached hydrogen (secondary N) is 1. The van der Waals surface area contributed by atoms with Gasteiger partial charge < -0.3 is 14.6 Å². The van der Waals surface area contributed by atoms with Crippen LogP contribution in [0.4, 0.5) is 0 Å². The molecule has 0 radical (unpaired) electrons. The number of thioether (sulfide) groups is 1. The number of hydrogen-bond donors (Lipinski definition) is 1. The maximum absolute atomic E-state index is 5.26. The standard InChI is InChI=1S/C14H19N3O2S/c1-15-11(9-18-2)8-14-16-13(17-19-14)10-20-12-6-4-3-5-7-12/h3-7,11,15H,8-10H2,1-2H3. The minimum Gasteiger partial charge on any atom is -0.383 e. The highest BCUT2D eigenvalue weighted by Crippen LogP contribution is 2.20. The Kier molecular flexibility index (Phi) is 6.04. The van der Waals surface area contributed by atoms with Crippen LogP contribution in [0.2, 0.25) is 0 Å². The number of benzene rings is 1. The summed E-state index contributed by atoms with van der Waals surface area (Å²) in [5, 5.41) is 7.16. The molecule has 0 aliphatic rings. The lowest BCUT2D eigenvalue weighted by molar-refractivity contribution is 0.165. The molecule has 5 nitrogen and oxygen atoms in total. The lowest BCUT2D eigenvalue weighted by Crippen LogP contribution is -2.32. The van der Waals surface area contributed by atoms with Crippen molar-refractivity contribution in [2.24, 2.45) is 0 Å². The molecule has 1 N–H and O–H groups in total. The molecular formula is C14H19N3O2S. The fourth-order valence-corrected chi connectivity index (χ4v) is 2.52. The predicted octanol–water partition coefficient (Wildman–Crippen LogP) is 2.14. The first-order valence-electron chi connectivity index (χ1n) is 6.47. The van der Waals surface area contributed by atoms with E-state index in [9.17, 15) is 0 Å². The molecule has 0 aliphatic carbocycles. The van der Waals surface area contributed by atoms with Crippen LogP contribution < -0.4 is 5.32 Å². The summed E-state index contributed by atoms with van der Waals surface area (Å²) >= 11 is 1.70. The fraction of sp³-hybridized carbons (Fsp3) is 0.429. The zero-order chi connectivity index (χ0) is 14.2. The molecule has 2 aromatic rings. The van der Waals surface area contributed by atoms with E-state index in [1.165, 1.54) is 4.90 Å². The van der Waals surface area contributed by atoms with Gasteiger partial charge in [-0.05, 0) is 19.2 Å². The van der Waals surface area contributed by atoms with Gasteiger partial charge in [0.1, 0.15) is 0 Å². The summed E-state index contributed by atoms with van der Waals surface area (Å²) in [6, 6.07) is 10.4. The maximum Gasteiger partial charge on any atom is 0.228 e. The van der Waals surface area contributed by atoms with E-state index in [0.29, 0.717) is 24.7 Å². The smallest absolute Gasteiger partial charge is 0.228 e. The summed E-state index contributed by atoms with van der Waals surface area (Å²) in [5.74, 6) is 2.08. The molecule has 0 amide bonds. The van der Waals surface area contributed by atoms with Crippen molar-refractivity contribution in [3.63, 3.8) is 0 Å². The van der Waals surface area contributed by atoms with E-state index in [-0.39, 0.29) is 6.04 Å². The molecule has 0 bridgehead atoms. The van der Waals surface area contributed by atoms with Crippen LogP contribution in [0.1, 0.15) is 11.7 Å². The van der Waals surface area contributed by atoms with Crippen molar-refractivity contribution in [2.75, 3.05) is 20.8 Å². The Balaban J connectivity index is 1.85. The normalized spacial score (nSPS) is 12.5. The van der Waals surface area contributed by atoms with E-state index in [1.54, 1.807) is 18.9 Å². The third kappa shape index (κ3) is 4.63. The van der Waals surface area contributed by atoms with Crippen LogP contribution in [0.5, 0.6) is 0 Å². The van der Waals surface area contributed by atoms with Crippen molar-refractivity contribution >= 4 is 11.8 Å². The molecule has 0 aliphatic heterocycles. The van der Waals surface area contributed by atoms with Gasteiger partial charge in [-0.1, -0.05) is 23.4 Å². The Morgan fingerprint density at radius 1 is 1.35 bits per heavy atom. The molecule has 6 heteroatoms. The van der Waals surface area contributed by atoms with Gasteiger partial charge in [0.15, 0.2) is 5.82 Å². The largest absolute Gasteiger partial charge is 0.383 e. The molecule has 2 rings (SSSR count). The monoisotopic (exact) mass is 293 g/mol. The molecule has 1 aromatic carbocycles. The Labute approximate surface area is 123 Å². The second-order valence-electron chi connectivity index (χ2n) is 4.35.